The number of phenols is 4. The van der Waals surface area contributed by atoms with E-state index >= 15 is 0 Å². The largest absolute Gasteiger partial charge is 0.508 e. The maximum atomic E-state index is 12.6. The molecule has 0 bridgehead atoms. The van der Waals surface area contributed by atoms with Crippen LogP contribution in [0.3, 0.4) is 0 Å². The standard InChI is InChI=1S/C30H42O8/c1-2-3-4-5-6-7-8-9-10-11-12-13-14-24(38-30(36)26-18-16-23(32)20-28(26)34)21-37-29(35)25-17-15-22(31)19-27(25)33/h15-20,24,31-34H,2-14,21H2,1H3. The summed E-state index contributed by atoms with van der Waals surface area (Å²) >= 11 is 0. The van der Waals surface area contributed by atoms with Crippen molar-refractivity contribution in [1.82, 2.24) is 0 Å². The lowest BCUT2D eigenvalue weighted by Crippen LogP contribution is -2.25. The molecule has 0 aliphatic heterocycles. The highest BCUT2D eigenvalue weighted by molar-refractivity contribution is 5.93. The molecule has 0 aromatic heterocycles. The molecule has 0 spiro atoms. The summed E-state index contributed by atoms with van der Waals surface area (Å²) in [5.74, 6) is -2.81. The predicted molar refractivity (Wildman–Crippen MR) is 145 cm³/mol. The molecule has 210 valence electrons. The summed E-state index contributed by atoms with van der Waals surface area (Å²) in [6, 6.07) is 7.11. The highest BCUT2D eigenvalue weighted by Gasteiger charge is 2.22. The zero-order valence-electron chi connectivity index (χ0n) is 22.4. The maximum absolute atomic E-state index is 12.6. The number of hydrogen-bond acceptors (Lipinski definition) is 8. The summed E-state index contributed by atoms with van der Waals surface area (Å²) < 4.78 is 10.8. The van der Waals surface area contributed by atoms with Gasteiger partial charge in [-0.2, -0.15) is 0 Å². The third-order valence-electron chi connectivity index (χ3n) is 6.46. The number of phenolic OH excluding ortho intramolecular Hbond substituents is 4. The fourth-order valence-corrected chi connectivity index (χ4v) is 4.24. The van der Waals surface area contributed by atoms with E-state index in [1.54, 1.807) is 0 Å². The second-order valence-corrected chi connectivity index (χ2v) is 9.71. The van der Waals surface area contributed by atoms with Crippen molar-refractivity contribution in [3.63, 3.8) is 0 Å². The Balaban J connectivity index is 1.82. The highest BCUT2D eigenvalue weighted by Crippen LogP contribution is 2.25. The summed E-state index contributed by atoms with van der Waals surface area (Å²) in [6.07, 6.45) is 13.9. The number of unbranched alkanes of at least 4 members (excludes halogenated alkanes) is 11. The molecular weight excluding hydrogens is 488 g/mol. The predicted octanol–water partition coefficient (Wildman–Crippen LogP) is 6.98. The second kappa shape index (κ2) is 17.2. The Kier molecular flexibility index (Phi) is 13.9. The molecule has 8 nitrogen and oxygen atoms in total. The van der Waals surface area contributed by atoms with Gasteiger partial charge in [-0.05, 0) is 37.1 Å². The zero-order chi connectivity index (χ0) is 27.8. The van der Waals surface area contributed by atoms with Crippen LogP contribution >= 0.6 is 0 Å². The van der Waals surface area contributed by atoms with Crippen molar-refractivity contribution in [3.8, 4) is 23.0 Å². The van der Waals surface area contributed by atoms with Gasteiger partial charge in [-0.25, -0.2) is 9.59 Å². The Bertz CT molecular complexity index is 1000. The molecule has 1 atom stereocenters. The molecule has 38 heavy (non-hydrogen) atoms. The topological polar surface area (TPSA) is 134 Å². The number of hydrogen-bond donors (Lipinski definition) is 4. The van der Waals surface area contributed by atoms with Gasteiger partial charge in [0.1, 0.15) is 46.8 Å². The molecule has 0 amide bonds. The van der Waals surface area contributed by atoms with Crippen LogP contribution in [0.2, 0.25) is 0 Å². The van der Waals surface area contributed by atoms with Crippen molar-refractivity contribution in [2.75, 3.05) is 6.61 Å². The van der Waals surface area contributed by atoms with Crippen molar-refractivity contribution in [1.29, 1.82) is 0 Å². The normalized spacial score (nSPS) is 11.7. The van der Waals surface area contributed by atoms with Gasteiger partial charge < -0.3 is 29.9 Å². The zero-order valence-corrected chi connectivity index (χ0v) is 22.4. The van der Waals surface area contributed by atoms with Crippen LogP contribution in [0.1, 0.15) is 111 Å². The summed E-state index contributed by atoms with van der Waals surface area (Å²) in [4.78, 5) is 25.1. The van der Waals surface area contributed by atoms with Crippen LogP contribution in [0.4, 0.5) is 0 Å². The second-order valence-electron chi connectivity index (χ2n) is 9.71. The van der Waals surface area contributed by atoms with E-state index in [1.165, 1.54) is 75.6 Å². The first-order chi connectivity index (χ1) is 18.3. The van der Waals surface area contributed by atoms with Crippen LogP contribution in [0, 0.1) is 0 Å². The van der Waals surface area contributed by atoms with Gasteiger partial charge in [0.15, 0.2) is 0 Å². The number of ether oxygens (including phenoxy) is 2. The van der Waals surface area contributed by atoms with Crippen LogP contribution in [0.15, 0.2) is 36.4 Å². The molecule has 0 aliphatic rings. The van der Waals surface area contributed by atoms with Crippen LogP contribution < -0.4 is 0 Å². The van der Waals surface area contributed by atoms with E-state index in [4.69, 9.17) is 9.47 Å². The summed E-state index contributed by atoms with van der Waals surface area (Å²) in [6.45, 7) is 1.99. The van der Waals surface area contributed by atoms with Gasteiger partial charge in [0.05, 0.1) is 0 Å². The first-order valence-electron chi connectivity index (χ1n) is 13.7. The van der Waals surface area contributed by atoms with Gasteiger partial charge in [0.2, 0.25) is 0 Å². The van der Waals surface area contributed by atoms with Gasteiger partial charge >= 0.3 is 11.9 Å². The summed E-state index contributed by atoms with van der Waals surface area (Å²) in [5.41, 5.74) is -0.223. The molecule has 2 rings (SSSR count). The number of aromatic hydroxyl groups is 4. The van der Waals surface area contributed by atoms with E-state index in [2.05, 4.69) is 6.92 Å². The average molecular weight is 531 g/mol. The third-order valence-corrected chi connectivity index (χ3v) is 6.46. The van der Waals surface area contributed by atoms with E-state index in [9.17, 15) is 30.0 Å². The minimum absolute atomic E-state index is 0.106. The molecule has 2 aromatic carbocycles. The fourth-order valence-electron chi connectivity index (χ4n) is 4.24. The van der Waals surface area contributed by atoms with E-state index in [0.717, 1.165) is 37.8 Å². The van der Waals surface area contributed by atoms with Gasteiger partial charge in [0.25, 0.3) is 0 Å². The van der Waals surface area contributed by atoms with E-state index in [0.29, 0.717) is 6.42 Å². The van der Waals surface area contributed by atoms with Crippen LogP contribution in [-0.2, 0) is 9.47 Å². The summed E-state index contributed by atoms with van der Waals surface area (Å²) in [5, 5.41) is 38.8. The van der Waals surface area contributed by atoms with E-state index < -0.39 is 29.5 Å². The van der Waals surface area contributed by atoms with E-state index in [-0.39, 0.29) is 29.2 Å². The van der Waals surface area contributed by atoms with Crippen LogP contribution in [0.5, 0.6) is 23.0 Å². The quantitative estimate of drug-likeness (QED) is 0.120. The first-order valence-corrected chi connectivity index (χ1v) is 13.7. The Morgan fingerprint density at radius 2 is 1.11 bits per heavy atom. The third kappa shape index (κ3) is 11.3. The Labute approximate surface area is 225 Å². The van der Waals surface area contributed by atoms with Crippen molar-refractivity contribution < 1.29 is 39.5 Å². The lowest BCUT2D eigenvalue weighted by molar-refractivity contribution is -0.00374. The summed E-state index contributed by atoms with van der Waals surface area (Å²) in [7, 11) is 0. The molecule has 0 saturated heterocycles. The molecule has 8 heteroatoms. The van der Waals surface area contributed by atoms with Crippen molar-refractivity contribution in [2.45, 2.75) is 96.5 Å². The lowest BCUT2D eigenvalue weighted by Gasteiger charge is -2.19. The molecular formula is C30H42O8. The minimum Gasteiger partial charge on any atom is -0.508 e. The van der Waals surface area contributed by atoms with E-state index in [1.807, 2.05) is 0 Å². The Morgan fingerprint density at radius 1 is 0.658 bits per heavy atom. The van der Waals surface area contributed by atoms with Gasteiger partial charge in [0, 0.05) is 12.1 Å². The SMILES string of the molecule is CCCCCCCCCCCCCCC(COC(=O)c1ccc(O)cc1O)OC(=O)c1ccc(O)cc1O. The van der Waals surface area contributed by atoms with Crippen molar-refractivity contribution in [3.05, 3.63) is 47.5 Å². The molecule has 1 unspecified atom stereocenters. The highest BCUT2D eigenvalue weighted by atomic mass is 16.6. The van der Waals surface area contributed by atoms with Crippen LogP contribution in [-0.4, -0.2) is 45.1 Å². The number of benzene rings is 2. The van der Waals surface area contributed by atoms with Gasteiger partial charge in [-0.3, -0.25) is 0 Å². The molecule has 2 aromatic rings. The first kappa shape index (κ1) is 30.8. The molecule has 0 aliphatic carbocycles. The Morgan fingerprint density at radius 3 is 1.58 bits per heavy atom. The monoisotopic (exact) mass is 530 g/mol. The van der Waals surface area contributed by atoms with Crippen LogP contribution in [0.25, 0.3) is 0 Å². The van der Waals surface area contributed by atoms with Crippen molar-refractivity contribution in [2.24, 2.45) is 0 Å². The minimum atomic E-state index is -0.814. The smallest absolute Gasteiger partial charge is 0.342 e. The Hall–Kier alpha value is -3.42. The number of carbonyl (C=O) groups excluding carboxylic acids is 2. The fraction of sp³-hybridized carbons (Fsp3) is 0.533. The number of rotatable bonds is 18. The number of esters is 2. The molecule has 0 radical (unpaired) electrons. The van der Waals surface area contributed by atoms with Gasteiger partial charge in [-0.15, -0.1) is 0 Å². The average Bonchev–Trinajstić information content (AvgIpc) is 2.87. The number of carbonyl (C=O) groups is 2. The van der Waals surface area contributed by atoms with Crippen molar-refractivity contribution >= 4 is 11.9 Å². The molecule has 0 saturated carbocycles. The van der Waals surface area contributed by atoms with Gasteiger partial charge in [-0.1, -0.05) is 77.6 Å². The molecule has 0 fully saturated rings. The molecule has 0 heterocycles. The molecule has 4 N–H and O–H groups in total. The lowest BCUT2D eigenvalue weighted by atomic mass is 10.0. The maximum Gasteiger partial charge on any atom is 0.342 e.